The number of amides is 1. The number of aromatic nitrogens is 3. The Labute approximate surface area is 178 Å². The predicted octanol–water partition coefficient (Wildman–Crippen LogP) is 4.79. The minimum Gasteiger partial charge on any atom is -0.350 e. The summed E-state index contributed by atoms with van der Waals surface area (Å²) in [5, 5.41) is 10.5. The molecule has 0 fully saturated rings. The summed E-state index contributed by atoms with van der Waals surface area (Å²) in [5.41, 5.74) is -1.24. The zero-order chi connectivity index (χ0) is 23.1. The summed E-state index contributed by atoms with van der Waals surface area (Å²) in [7, 11) is 0. The maximum Gasteiger partial charge on any atom is 0.416 e. The van der Waals surface area contributed by atoms with Gasteiger partial charge in [0, 0.05) is 18.5 Å². The van der Waals surface area contributed by atoms with Crippen LogP contribution in [0.25, 0.3) is 11.4 Å². The molecule has 3 aromatic rings. The Morgan fingerprint density at radius 1 is 0.969 bits per heavy atom. The van der Waals surface area contributed by atoms with Crippen molar-refractivity contribution in [3.8, 4) is 11.4 Å². The second-order valence-electron chi connectivity index (χ2n) is 7.36. The Kier molecular flexibility index (Phi) is 5.43. The molecule has 0 saturated carbocycles. The van der Waals surface area contributed by atoms with Gasteiger partial charge < -0.3 is 5.32 Å². The third-order valence-corrected chi connectivity index (χ3v) is 5.19. The largest absolute Gasteiger partial charge is 0.416 e. The summed E-state index contributed by atoms with van der Waals surface area (Å²) >= 11 is 0. The van der Waals surface area contributed by atoms with Gasteiger partial charge in [-0.25, -0.2) is 0 Å². The van der Waals surface area contributed by atoms with Crippen molar-refractivity contribution in [3.05, 3.63) is 71.0 Å². The van der Waals surface area contributed by atoms with E-state index in [0.717, 1.165) is 24.3 Å². The summed E-state index contributed by atoms with van der Waals surface area (Å²) in [4.78, 5) is 12.8. The van der Waals surface area contributed by atoms with Crippen molar-refractivity contribution < 1.29 is 31.1 Å². The van der Waals surface area contributed by atoms with E-state index in [2.05, 4.69) is 15.5 Å². The van der Waals surface area contributed by atoms with Gasteiger partial charge in [0.15, 0.2) is 5.82 Å². The molecular formula is C21H16F6N4O. The monoisotopic (exact) mass is 454 g/mol. The maximum absolute atomic E-state index is 13.1. The molecule has 0 radical (unpaired) electrons. The fraction of sp³-hybridized carbons (Fsp3) is 0.286. The minimum absolute atomic E-state index is 0.128. The lowest BCUT2D eigenvalue weighted by Crippen LogP contribution is -2.31. The predicted molar refractivity (Wildman–Crippen MR) is 101 cm³/mol. The fourth-order valence-electron chi connectivity index (χ4n) is 3.66. The summed E-state index contributed by atoms with van der Waals surface area (Å²) in [6.45, 7) is -0.129. The molecular weight excluding hydrogens is 438 g/mol. The molecule has 0 saturated heterocycles. The standard InChI is InChI=1S/C21H16F6N4O/c22-20(23,24)14-5-1-3-12(9-14)11-28-19(32)16-7-8-17-29-30-18(31(16)17)13-4-2-6-15(10-13)21(25,26)27/h1-6,9-10,16H,7-8,11H2,(H,28,32). The van der Waals surface area contributed by atoms with Crippen molar-refractivity contribution >= 4 is 5.91 Å². The van der Waals surface area contributed by atoms with Gasteiger partial charge in [0.25, 0.3) is 0 Å². The summed E-state index contributed by atoms with van der Waals surface area (Å²) in [6, 6.07) is 8.39. The highest BCUT2D eigenvalue weighted by Gasteiger charge is 2.35. The molecule has 1 aliphatic rings. The van der Waals surface area contributed by atoms with E-state index < -0.39 is 35.4 Å². The van der Waals surface area contributed by atoms with Crippen LogP contribution in [-0.2, 0) is 30.1 Å². The number of hydrogen-bond acceptors (Lipinski definition) is 3. The van der Waals surface area contributed by atoms with Gasteiger partial charge in [-0.3, -0.25) is 9.36 Å². The molecule has 32 heavy (non-hydrogen) atoms. The van der Waals surface area contributed by atoms with Crippen molar-refractivity contribution in [2.24, 2.45) is 0 Å². The van der Waals surface area contributed by atoms with E-state index in [1.807, 2.05) is 0 Å². The summed E-state index contributed by atoms with van der Waals surface area (Å²) in [5.74, 6) is 0.105. The van der Waals surface area contributed by atoms with Crippen LogP contribution in [-0.4, -0.2) is 20.7 Å². The number of hydrogen-bond donors (Lipinski definition) is 1. The van der Waals surface area contributed by atoms with Gasteiger partial charge in [-0.15, -0.1) is 10.2 Å². The zero-order valence-corrected chi connectivity index (χ0v) is 16.3. The number of nitrogens with zero attached hydrogens (tertiary/aromatic N) is 3. The number of fused-ring (bicyclic) bond motifs is 1. The van der Waals surface area contributed by atoms with Crippen LogP contribution in [0, 0.1) is 0 Å². The van der Waals surface area contributed by atoms with E-state index in [-0.39, 0.29) is 23.5 Å². The molecule has 4 rings (SSSR count). The Morgan fingerprint density at radius 2 is 1.62 bits per heavy atom. The lowest BCUT2D eigenvalue weighted by Gasteiger charge is -2.16. The zero-order valence-electron chi connectivity index (χ0n) is 16.3. The van der Waals surface area contributed by atoms with Crippen molar-refractivity contribution in [1.82, 2.24) is 20.1 Å². The molecule has 1 unspecified atom stereocenters. The van der Waals surface area contributed by atoms with Crippen LogP contribution in [0.4, 0.5) is 26.3 Å². The quantitative estimate of drug-likeness (QED) is 0.577. The fourth-order valence-corrected chi connectivity index (χ4v) is 3.66. The number of aryl methyl sites for hydroxylation is 1. The van der Waals surface area contributed by atoms with E-state index >= 15 is 0 Å². The van der Waals surface area contributed by atoms with Gasteiger partial charge in [-0.1, -0.05) is 24.3 Å². The summed E-state index contributed by atoms with van der Waals surface area (Å²) < 4.78 is 79.3. The number of carbonyl (C=O) groups excluding carboxylic acids is 1. The van der Waals surface area contributed by atoms with Crippen LogP contribution in [0.3, 0.4) is 0 Å². The third kappa shape index (κ3) is 4.32. The van der Waals surface area contributed by atoms with Gasteiger partial charge in [0.05, 0.1) is 11.1 Å². The molecule has 2 heterocycles. The van der Waals surface area contributed by atoms with Crippen LogP contribution < -0.4 is 5.32 Å². The lowest BCUT2D eigenvalue weighted by molar-refractivity contribution is -0.138. The van der Waals surface area contributed by atoms with Crippen LogP contribution >= 0.6 is 0 Å². The molecule has 1 amide bonds. The lowest BCUT2D eigenvalue weighted by atomic mass is 10.1. The number of carbonyl (C=O) groups is 1. The van der Waals surface area contributed by atoms with E-state index in [1.54, 1.807) is 0 Å². The average molecular weight is 454 g/mol. The van der Waals surface area contributed by atoms with Gasteiger partial charge in [0.2, 0.25) is 5.91 Å². The molecule has 1 aromatic heterocycles. The summed E-state index contributed by atoms with van der Waals surface area (Å²) in [6.07, 6.45) is -8.28. The third-order valence-electron chi connectivity index (χ3n) is 5.19. The molecule has 5 nitrogen and oxygen atoms in total. The Balaban J connectivity index is 1.54. The molecule has 1 N–H and O–H groups in total. The number of benzene rings is 2. The number of nitrogens with one attached hydrogen (secondary N) is 1. The maximum atomic E-state index is 13.1. The van der Waals surface area contributed by atoms with Gasteiger partial charge >= 0.3 is 12.4 Å². The topological polar surface area (TPSA) is 59.8 Å². The molecule has 0 spiro atoms. The molecule has 1 aliphatic heterocycles. The van der Waals surface area contributed by atoms with Crippen LogP contribution in [0.15, 0.2) is 48.5 Å². The van der Waals surface area contributed by atoms with Gasteiger partial charge in [0.1, 0.15) is 11.9 Å². The number of rotatable bonds is 4. The van der Waals surface area contributed by atoms with Crippen molar-refractivity contribution in [2.75, 3.05) is 0 Å². The molecule has 0 aliphatic carbocycles. The molecule has 168 valence electrons. The number of halogens is 6. The van der Waals surface area contributed by atoms with Crippen LogP contribution in [0.1, 0.15) is 35.0 Å². The molecule has 2 aromatic carbocycles. The molecule has 11 heteroatoms. The molecule has 1 atom stereocenters. The van der Waals surface area contributed by atoms with Crippen LogP contribution in [0.2, 0.25) is 0 Å². The smallest absolute Gasteiger partial charge is 0.350 e. The first-order valence-electron chi connectivity index (χ1n) is 9.59. The van der Waals surface area contributed by atoms with E-state index in [9.17, 15) is 31.1 Å². The first-order chi connectivity index (χ1) is 15.0. The normalized spacial score (nSPS) is 16.1. The Bertz CT molecular complexity index is 1150. The second kappa shape index (κ2) is 7.95. The highest BCUT2D eigenvalue weighted by Crippen LogP contribution is 2.35. The highest BCUT2D eigenvalue weighted by atomic mass is 19.4. The first-order valence-corrected chi connectivity index (χ1v) is 9.59. The second-order valence-corrected chi connectivity index (χ2v) is 7.36. The van der Waals surface area contributed by atoms with E-state index in [4.69, 9.17) is 0 Å². The highest BCUT2D eigenvalue weighted by molar-refractivity contribution is 5.81. The Hall–Kier alpha value is -3.37. The number of alkyl halides is 6. The van der Waals surface area contributed by atoms with Crippen molar-refractivity contribution in [3.63, 3.8) is 0 Å². The Morgan fingerprint density at radius 3 is 2.31 bits per heavy atom. The van der Waals surface area contributed by atoms with E-state index in [0.29, 0.717) is 18.7 Å². The van der Waals surface area contributed by atoms with Crippen molar-refractivity contribution in [1.29, 1.82) is 0 Å². The SMILES string of the molecule is O=C(NCc1cccc(C(F)(F)F)c1)C1CCc2nnc(-c3cccc(C(F)(F)F)c3)n21. The minimum atomic E-state index is -4.54. The van der Waals surface area contributed by atoms with Gasteiger partial charge in [-0.05, 0) is 36.2 Å². The molecule has 0 bridgehead atoms. The van der Waals surface area contributed by atoms with Crippen LogP contribution in [0.5, 0.6) is 0 Å². The van der Waals surface area contributed by atoms with E-state index in [1.165, 1.54) is 28.8 Å². The van der Waals surface area contributed by atoms with Crippen molar-refractivity contribution in [2.45, 2.75) is 37.8 Å². The van der Waals surface area contributed by atoms with Gasteiger partial charge in [-0.2, -0.15) is 26.3 Å². The first kappa shape index (κ1) is 21.8. The average Bonchev–Trinajstić information content (AvgIpc) is 3.33.